The zero-order valence-electron chi connectivity index (χ0n) is 26.6. The number of aromatic nitrogens is 1. The Morgan fingerprint density at radius 2 is 1.75 bits per heavy atom. The predicted molar refractivity (Wildman–Crippen MR) is 192 cm³/mol. The summed E-state index contributed by atoms with van der Waals surface area (Å²) in [6.45, 7) is 0. The summed E-state index contributed by atoms with van der Waals surface area (Å²) >= 11 is 0. The Morgan fingerprint density at radius 1 is 0.833 bits per heavy atom. The van der Waals surface area contributed by atoms with Crippen molar-refractivity contribution in [2.75, 3.05) is 4.90 Å². The standard InChI is InChI=1S/C44H34N4/c45-25-27-19-22-41-38(23-27)34-20-21-36-33-14-3-5-17-39(33)47(30-11-7-10-28(24-30)31-12-2-1-9-29(31)26-46)44(36)42(34)37-16-8-15-35-32-13-4-6-18-40(32)48(41)43(35)37/h1-7,9-11,13-15,17-24,31,33,36,38-39,41,44H,8,12,16H2. The molecule has 0 N–H and O–H groups in total. The van der Waals surface area contributed by atoms with Crippen LogP contribution in [0.4, 0.5) is 5.69 Å². The summed E-state index contributed by atoms with van der Waals surface area (Å²) in [5.74, 6) is 0.771. The highest BCUT2D eigenvalue weighted by atomic mass is 15.2. The molecule has 230 valence electrons. The van der Waals surface area contributed by atoms with Crippen molar-refractivity contribution in [3.05, 3.63) is 160 Å². The van der Waals surface area contributed by atoms with E-state index >= 15 is 0 Å². The highest BCUT2D eigenvalue weighted by Gasteiger charge is 2.51. The summed E-state index contributed by atoms with van der Waals surface area (Å²) < 4.78 is 2.60. The average molecular weight is 619 g/mol. The third-order valence-electron chi connectivity index (χ3n) is 11.8. The number of para-hydroxylation sites is 1. The van der Waals surface area contributed by atoms with Crippen LogP contribution in [0.3, 0.4) is 0 Å². The van der Waals surface area contributed by atoms with E-state index in [0.717, 1.165) is 30.4 Å². The number of allylic oxidation sites excluding steroid dienone is 12. The molecule has 0 amide bonds. The molecule has 1 saturated heterocycles. The minimum atomic E-state index is 0.0501. The third kappa shape index (κ3) is 3.75. The van der Waals surface area contributed by atoms with E-state index in [0.29, 0.717) is 11.8 Å². The maximum absolute atomic E-state index is 10.1. The molecule has 7 atom stereocenters. The number of rotatable bonds is 2. The number of nitrogens with zero attached hydrogens (tertiary/aromatic N) is 4. The van der Waals surface area contributed by atoms with Gasteiger partial charge in [-0.25, -0.2) is 0 Å². The van der Waals surface area contributed by atoms with E-state index < -0.39 is 0 Å². The van der Waals surface area contributed by atoms with Crippen molar-refractivity contribution in [2.45, 2.75) is 43.3 Å². The van der Waals surface area contributed by atoms with Gasteiger partial charge in [0.25, 0.3) is 0 Å². The van der Waals surface area contributed by atoms with Crippen molar-refractivity contribution in [3.8, 4) is 12.1 Å². The molecule has 5 aliphatic carbocycles. The number of hydrogen-bond acceptors (Lipinski definition) is 3. The molecule has 2 aliphatic heterocycles. The molecule has 0 radical (unpaired) electrons. The van der Waals surface area contributed by atoms with Crippen molar-refractivity contribution in [1.29, 1.82) is 10.5 Å². The second-order valence-electron chi connectivity index (χ2n) is 14.0. The van der Waals surface area contributed by atoms with Crippen LogP contribution in [0.1, 0.15) is 36.8 Å². The van der Waals surface area contributed by atoms with E-state index in [-0.39, 0.29) is 30.0 Å². The first kappa shape index (κ1) is 27.5. The lowest BCUT2D eigenvalue weighted by Crippen LogP contribution is -2.42. The van der Waals surface area contributed by atoms with Crippen LogP contribution in [-0.4, -0.2) is 16.7 Å². The molecule has 1 fully saturated rings. The maximum Gasteiger partial charge on any atom is 0.0988 e. The van der Waals surface area contributed by atoms with E-state index in [1.54, 1.807) is 0 Å². The summed E-state index contributed by atoms with van der Waals surface area (Å²) in [7, 11) is 0. The van der Waals surface area contributed by atoms with Gasteiger partial charge in [-0.05, 0) is 71.9 Å². The quantitative estimate of drug-likeness (QED) is 0.298. The zero-order chi connectivity index (χ0) is 31.9. The van der Waals surface area contributed by atoms with Gasteiger partial charge in [0.05, 0.1) is 35.6 Å². The Labute approximate surface area is 280 Å². The van der Waals surface area contributed by atoms with Gasteiger partial charge in [0.1, 0.15) is 0 Å². The molecular weight excluding hydrogens is 585 g/mol. The minimum absolute atomic E-state index is 0.0501. The Kier molecular flexibility index (Phi) is 6.00. The molecule has 10 rings (SSSR count). The molecule has 3 heterocycles. The van der Waals surface area contributed by atoms with Crippen LogP contribution in [-0.2, 0) is 0 Å². The molecule has 4 nitrogen and oxygen atoms in total. The Morgan fingerprint density at radius 3 is 2.67 bits per heavy atom. The summed E-state index contributed by atoms with van der Waals surface area (Å²) in [5.41, 5.74) is 9.52. The summed E-state index contributed by atoms with van der Waals surface area (Å²) in [6, 6.07) is 23.3. The van der Waals surface area contributed by atoms with E-state index in [1.165, 1.54) is 49.4 Å². The Bertz CT molecular complexity index is 2400. The number of fused-ring (bicyclic) bond motifs is 11. The molecule has 2 aromatic carbocycles. The van der Waals surface area contributed by atoms with Crippen molar-refractivity contribution in [2.24, 2.45) is 17.8 Å². The largest absolute Gasteiger partial charge is 0.357 e. The number of nitriles is 2. The van der Waals surface area contributed by atoms with Gasteiger partial charge in [-0.3, -0.25) is 0 Å². The van der Waals surface area contributed by atoms with Gasteiger partial charge in [-0.2, -0.15) is 10.5 Å². The summed E-state index contributed by atoms with van der Waals surface area (Å²) in [4.78, 5) is 2.71. The van der Waals surface area contributed by atoms with Crippen LogP contribution in [0.2, 0.25) is 0 Å². The average Bonchev–Trinajstić information content (AvgIpc) is 3.63. The van der Waals surface area contributed by atoms with Gasteiger partial charge < -0.3 is 9.47 Å². The van der Waals surface area contributed by atoms with Crippen molar-refractivity contribution >= 4 is 28.2 Å². The zero-order valence-corrected chi connectivity index (χ0v) is 26.6. The third-order valence-corrected chi connectivity index (χ3v) is 11.8. The van der Waals surface area contributed by atoms with Gasteiger partial charge in [0, 0.05) is 56.6 Å². The molecule has 4 heteroatoms. The van der Waals surface area contributed by atoms with Crippen LogP contribution in [0.5, 0.6) is 0 Å². The van der Waals surface area contributed by atoms with Gasteiger partial charge in [0.2, 0.25) is 0 Å². The monoisotopic (exact) mass is 618 g/mol. The Balaban J connectivity index is 1.24. The van der Waals surface area contributed by atoms with Crippen molar-refractivity contribution < 1.29 is 0 Å². The van der Waals surface area contributed by atoms with Crippen LogP contribution >= 0.6 is 0 Å². The van der Waals surface area contributed by atoms with E-state index in [1.807, 2.05) is 18.2 Å². The highest BCUT2D eigenvalue weighted by Crippen LogP contribution is 2.53. The first-order valence-electron chi connectivity index (χ1n) is 17.3. The second-order valence-corrected chi connectivity index (χ2v) is 14.0. The maximum atomic E-state index is 10.1. The molecule has 0 saturated carbocycles. The van der Waals surface area contributed by atoms with Crippen LogP contribution in [0.15, 0.2) is 144 Å². The van der Waals surface area contributed by atoms with Crippen molar-refractivity contribution in [1.82, 2.24) is 4.57 Å². The van der Waals surface area contributed by atoms with Crippen LogP contribution in [0.25, 0.3) is 22.6 Å². The number of benzene rings is 2. The first-order chi connectivity index (χ1) is 23.7. The number of hydrogen-bond donors (Lipinski definition) is 0. The highest BCUT2D eigenvalue weighted by molar-refractivity contribution is 5.87. The minimum Gasteiger partial charge on any atom is -0.357 e. The lowest BCUT2D eigenvalue weighted by atomic mass is 9.72. The predicted octanol–water partition coefficient (Wildman–Crippen LogP) is 7.53. The van der Waals surface area contributed by atoms with Gasteiger partial charge >= 0.3 is 0 Å². The lowest BCUT2D eigenvalue weighted by Gasteiger charge is -2.39. The molecule has 7 aliphatic rings. The van der Waals surface area contributed by atoms with E-state index in [2.05, 4.69) is 131 Å². The van der Waals surface area contributed by atoms with Crippen LogP contribution in [0, 0.1) is 40.4 Å². The fourth-order valence-electron chi connectivity index (χ4n) is 9.93. The normalized spacial score (nSPS) is 30.2. The van der Waals surface area contributed by atoms with Gasteiger partial charge in [0.15, 0.2) is 0 Å². The summed E-state index contributed by atoms with van der Waals surface area (Å²) in [6.07, 6.45) is 32.2. The molecule has 7 unspecified atom stereocenters. The van der Waals surface area contributed by atoms with E-state index in [4.69, 9.17) is 0 Å². The fourth-order valence-corrected chi connectivity index (χ4v) is 9.93. The van der Waals surface area contributed by atoms with Gasteiger partial charge in [-0.15, -0.1) is 0 Å². The molecule has 3 aromatic rings. The molecular formula is C44H34N4. The molecule has 0 bridgehead atoms. The Hall–Kier alpha value is -5.58. The SMILES string of the molecule is N#CC1=CC2C3=C(C4=c5c(c6ccccc6n5C2C=C1)=CCC4)C1C(C=C3)C2C=CC=CC2N1c1cccc(C2CC=CC=C2C#N)c1. The number of anilines is 1. The van der Waals surface area contributed by atoms with Gasteiger partial charge in [-0.1, -0.05) is 97.2 Å². The molecule has 48 heavy (non-hydrogen) atoms. The molecule has 1 aromatic heterocycles. The topological polar surface area (TPSA) is 55.8 Å². The second kappa shape index (κ2) is 10.5. The van der Waals surface area contributed by atoms with Crippen LogP contribution < -0.4 is 15.5 Å². The first-order valence-corrected chi connectivity index (χ1v) is 17.3. The fraction of sp³-hybridized carbons (Fsp3) is 0.227. The molecule has 0 spiro atoms. The van der Waals surface area contributed by atoms with E-state index in [9.17, 15) is 10.5 Å². The van der Waals surface area contributed by atoms with Crippen molar-refractivity contribution in [3.63, 3.8) is 0 Å². The summed E-state index contributed by atoms with van der Waals surface area (Å²) in [5, 5.41) is 24.1. The smallest absolute Gasteiger partial charge is 0.0988 e. The lowest BCUT2D eigenvalue weighted by molar-refractivity contribution is 0.494.